The van der Waals surface area contributed by atoms with E-state index >= 15 is 0 Å². The molecule has 1 aromatic rings. The number of carbonyl (C=O) groups excluding carboxylic acids is 3. The fraction of sp³-hybridized carbons (Fsp3) is 0.571. The van der Waals surface area contributed by atoms with Gasteiger partial charge in [-0.05, 0) is 51.0 Å². The van der Waals surface area contributed by atoms with Gasteiger partial charge >= 0.3 is 6.03 Å². The molecular weight excluding hydrogens is 342 g/mol. The van der Waals surface area contributed by atoms with Crippen LogP contribution in [0.3, 0.4) is 0 Å². The van der Waals surface area contributed by atoms with Crippen molar-refractivity contribution in [3.63, 3.8) is 0 Å². The van der Waals surface area contributed by atoms with E-state index in [1.165, 1.54) is 10.5 Å². The summed E-state index contributed by atoms with van der Waals surface area (Å²) in [6.45, 7) is 5.28. The Labute approximate surface area is 160 Å². The standard InChI is InChI=1S/C21H29N3O3/c1-21(2)19(26)24(20(27)22-21)12-6-9-18(25)23-13-10-17(11-14-23)15-16-7-4-3-5-8-16/h3-5,7-8,17H,6,9-15H2,1-2H3,(H,22,27). The zero-order valence-electron chi connectivity index (χ0n) is 16.2. The number of nitrogens with one attached hydrogen (secondary N) is 1. The van der Waals surface area contributed by atoms with Gasteiger partial charge in [-0.3, -0.25) is 14.5 Å². The van der Waals surface area contributed by atoms with Crippen LogP contribution < -0.4 is 5.32 Å². The number of amides is 4. The second kappa shape index (κ2) is 8.11. The third kappa shape index (κ3) is 4.67. The van der Waals surface area contributed by atoms with E-state index in [4.69, 9.17) is 0 Å². The molecule has 0 saturated carbocycles. The van der Waals surface area contributed by atoms with Crippen LogP contribution in [0.2, 0.25) is 0 Å². The van der Waals surface area contributed by atoms with Crippen LogP contribution in [0.15, 0.2) is 30.3 Å². The van der Waals surface area contributed by atoms with E-state index in [1.54, 1.807) is 13.8 Å². The Bertz CT molecular complexity index is 694. The first-order chi connectivity index (χ1) is 12.9. The lowest BCUT2D eigenvalue weighted by atomic mass is 9.90. The fourth-order valence-electron chi connectivity index (χ4n) is 3.90. The van der Waals surface area contributed by atoms with E-state index in [9.17, 15) is 14.4 Å². The Kier molecular flexibility index (Phi) is 5.82. The van der Waals surface area contributed by atoms with Crippen molar-refractivity contribution < 1.29 is 14.4 Å². The van der Waals surface area contributed by atoms with E-state index < -0.39 is 5.54 Å². The highest BCUT2D eigenvalue weighted by Gasteiger charge is 2.43. The molecule has 0 radical (unpaired) electrons. The molecule has 0 atom stereocenters. The van der Waals surface area contributed by atoms with E-state index in [0.717, 1.165) is 32.4 Å². The van der Waals surface area contributed by atoms with Crippen molar-refractivity contribution in [3.05, 3.63) is 35.9 Å². The zero-order chi connectivity index (χ0) is 19.4. The monoisotopic (exact) mass is 371 g/mol. The van der Waals surface area contributed by atoms with Gasteiger partial charge in [-0.15, -0.1) is 0 Å². The molecule has 3 rings (SSSR count). The Morgan fingerprint density at radius 2 is 1.81 bits per heavy atom. The molecule has 2 aliphatic heterocycles. The summed E-state index contributed by atoms with van der Waals surface area (Å²) in [5, 5.41) is 2.66. The normalized spacial score (nSPS) is 20.1. The van der Waals surface area contributed by atoms with Crippen molar-refractivity contribution in [2.24, 2.45) is 5.92 Å². The number of imide groups is 1. The second-order valence-corrected chi connectivity index (χ2v) is 8.13. The Morgan fingerprint density at radius 3 is 2.41 bits per heavy atom. The summed E-state index contributed by atoms with van der Waals surface area (Å²) in [6, 6.07) is 10.1. The van der Waals surface area contributed by atoms with E-state index in [-0.39, 0.29) is 17.8 Å². The van der Waals surface area contributed by atoms with Gasteiger partial charge in [-0.1, -0.05) is 30.3 Å². The summed E-state index contributed by atoms with van der Waals surface area (Å²) in [5.74, 6) is 0.533. The Balaban J connectivity index is 1.39. The molecule has 2 heterocycles. The van der Waals surface area contributed by atoms with Gasteiger partial charge in [0.15, 0.2) is 0 Å². The first-order valence-corrected chi connectivity index (χ1v) is 9.82. The third-order valence-corrected chi connectivity index (χ3v) is 5.55. The van der Waals surface area contributed by atoms with Crippen molar-refractivity contribution in [1.82, 2.24) is 15.1 Å². The second-order valence-electron chi connectivity index (χ2n) is 8.13. The first kappa shape index (κ1) is 19.4. The van der Waals surface area contributed by atoms with Gasteiger partial charge in [0.1, 0.15) is 5.54 Å². The van der Waals surface area contributed by atoms with Crippen LogP contribution in [0.1, 0.15) is 45.1 Å². The molecule has 1 aromatic carbocycles. The minimum atomic E-state index is -0.846. The summed E-state index contributed by atoms with van der Waals surface area (Å²) in [5.41, 5.74) is 0.514. The average molecular weight is 371 g/mol. The molecule has 1 N–H and O–H groups in total. The molecular formula is C21H29N3O3. The van der Waals surface area contributed by atoms with Crippen LogP contribution in [0.5, 0.6) is 0 Å². The van der Waals surface area contributed by atoms with E-state index in [1.807, 2.05) is 11.0 Å². The first-order valence-electron chi connectivity index (χ1n) is 9.82. The van der Waals surface area contributed by atoms with Gasteiger partial charge < -0.3 is 10.2 Å². The molecule has 0 bridgehead atoms. The molecule has 4 amide bonds. The largest absolute Gasteiger partial charge is 0.343 e. The predicted octanol–water partition coefficient (Wildman–Crippen LogP) is 2.58. The van der Waals surface area contributed by atoms with Gasteiger partial charge in [0.25, 0.3) is 5.91 Å². The number of carbonyl (C=O) groups is 3. The summed E-state index contributed by atoms with van der Waals surface area (Å²) < 4.78 is 0. The van der Waals surface area contributed by atoms with Gasteiger partial charge in [-0.2, -0.15) is 0 Å². The molecule has 2 saturated heterocycles. The summed E-state index contributed by atoms with van der Waals surface area (Å²) >= 11 is 0. The SMILES string of the molecule is CC1(C)NC(=O)N(CCCC(=O)N2CCC(Cc3ccccc3)CC2)C1=O. The molecule has 0 spiro atoms. The van der Waals surface area contributed by atoms with Crippen molar-refractivity contribution in [2.45, 2.75) is 51.5 Å². The molecule has 6 heteroatoms. The van der Waals surface area contributed by atoms with Crippen LogP contribution >= 0.6 is 0 Å². The molecule has 0 aliphatic carbocycles. The molecule has 2 fully saturated rings. The highest BCUT2D eigenvalue weighted by Crippen LogP contribution is 2.22. The molecule has 27 heavy (non-hydrogen) atoms. The van der Waals surface area contributed by atoms with Crippen LogP contribution in [-0.4, -0.2) is 52.8 Å². The quantitative estimate of drug-likeness (QED) is 0.782. The fourth-order valence-corrected chi connectivity index (χ4v) is 3.90. The maximum atomic E-state index is 12.4. The number of piperidine rings is 1. The van der Waals surface area contributed by atoms with Gasteiger partial charge in [0.05, 0.1) is 0 Å². The van der Waals surface area contributed by atoms with Gasteiger partial charge in [0.2, 0.25) is 5.91 Å². The number of benzene rings is 1. The predicted molar refractivity (Wildman–Crippen MR) is 103 cm³/mol. The lowest BCUT2D eigenvalue weighted by Crippen LogP contribution is -2.41. The number of rotatable bonds is 6. The Morgan fingerprint density at radius 1 is 1.15 bits per heavy atom. The average Bonchev–Trinajstić information content (AvgIpc) is 2.84. The molecule has 2 aliphatic rings. The summed E-state index contributed by atoms with van der Waals surface area (Å²) in [7, 11) is 0. The highest BCUT2D eigenvalue weighted by molar-refractivity contribution is 6.06. The minimum Gasteiger partial charge on any atom is -0.343 e. The lowest BCUT2D eigenvalue weighted by molar-refractivity contribution is -0.134. The van der Waals surface area contributed by atoms with E-state index in [0.29, 0.717) is 25.3 Å². The zero-order valence-corrected chi connectivity index (χ0v) is 16.2. The van der Waals surface area contributed by atoms with Crippen LogP contribution in [0.4, 0.5) is 4.79 Å². The van der Waals surface area contributed by atoms with Crippen molar-refractivity contribution >= 4 is 17.8 Å². The summed E-state index contributed by atoms with van der Waals surface area (Å²) in [4.78, 5) is 39.6. The summed E-state index contributed by atoms with van der Waals surface area (Å²) in [6.07, 6.45) is 4.02. The molecule has 0 unspecified atom stereocenters. The van der Waals surface area contributed by atoms with Crippen molar-refractivity contribution in [1.29, 1.82) is 0 Å². The number of hydrogen-bond donors (Lipinski definition) is 1. The van der Waals surface area contributed by atoms with Crippen LogP contribution in [-0.2, 0) is 16.0 Å². The molecule has 0 aromatic heterocycles. The number of nitrogens with zero attached hydrogens (tertiary/aromatic N) is 2. The van der Waals surface area contributed by atoms with Crippen LogP contribution in [0, 0.1) is 5.92 Å². The minimum absolute atomic E-state index is 0.125. The van der Waals surface area contributed by atoms with Gasteiger partial charge in [0, 0.05) is 26.1 Å². The smallest absolute Gasteiger partial charge is 0.325 e. The lowest BCUT2D eigenvalue weighted by Gasteiger charge is -2.32. The number of hydrogen-bond acceptors (Lipinski definition) is 3. The van der Waals surface area contributed by atoms with Crippen LogP contribution in [0.25, 0.3) is 0 Å². The van der Waals surface area contributed by atoms with Crippen molar-refractivity contribution in [2.75, 3.05) is 19.6 Å². The molecule has 6 nitrogen and oxygen atoms in total. The van der Waals surface area contributed by atoms with Gasteiger partial charge in [-0.25, -0.2) is 4.79 Å². The number of urea groups is 1. The highest BCUT2D eigenvalue weighted by atomic mass is 16.2. The van der Waals surface area contributed by atoms with E-state index in [2.05, 4.69) is 29.6 Å². The van der Waals surface area contributed by atoms with Crippen molar-refractivity contribution in [3.8, 4) is 0 Å². The topological polar surface area (TPSA) is 69.7 Å². The number of likely N-dealkylation sites (tertiary alicyclic amines) is 1. The Hall–Kier alpha value is -2.37. The maximum Gasteiger partial charge on any atom is 0.325 e. The maximum absolute atomic E-state index is 12.4. The third-order valence-electron chi connectivity index (χ3n) is 5.55. The molecule has 146 valence electrons.